The van der Waals surface area contributed by atoms with Crippen molar-refractivity contribution in [3.8, 4) is 0 Å². The lowest BCUT2D eigenvalue weighted by atomic mass is 9.92. The molecule has 0 aromatic carbocycles. The lowest BCUT2D eigenvalue weighted by molar-refractivity contribution is 0.0965. The molecule has 1 saturated heterocycles. The third kappa shape index (κ3) is 6.17. The molecule has 0 unspecified atom stereocenters. The zero-order chi connectivity index (χ0) is 13.4. The Labute approximate surface area is 114 Å². The van der Waals surface area contributed by atoms with Gasteiger partial charge in [-0.2, -0.15) is 0 Å². The Bertz CT molecular complexity index is 208. The zero-order valence-electron chi connectivity index (χ0n) is 13.0. The van der Waals surface area contributed by atoms with Gasteiger partial charge in [-0.05, 0) is 31.3 Å². The van der Waals surface area contributed by atoms with E-state index in [1.807, 2.05) is 0 Å². The summed E-state index contributed by atoms with van der Waals surface area (Å²) in [5.41, 5.74) is 0.391. The van der Waals surface area contributed by atoms with Crippen LogP contribution in [0.3, 0.4) is 0 Å². The Hall–Kier alpha value is -0.120. The van der Waals surface area contributed by atoms with Gasteiger partial charge in [0.1, 0.15) is 0 Å². The molecular weight excluding hydrogens is 222 g/mol. The Morgan fingerprint density at radius 2 is 1.56 bits per heavy atom. The fourth-order valence-electron chi connectivity index (χ4n) is 2.75. The fourth-order valence-corrected chi connectivity index (χ4v) is 2.75. The number of hydrogen-bond donors (Lipinski definition) is 1. The first-order chi connectivity index (χ1) is 8.57. The highest BCUT2D eigenvalue weighted by molar-refractivity contribution is 4.80. The van der Waals surface area contributed by atoms with Crippen molar-refractivity contribution in [3.05, 3.63) is 0 Å². The molecule has 0 aromatic heterocycles. The van der Waals surface area contributed by atoms with Crippen molar-refractivity contribution in [3.63, 3.8) is 0 Å². The van der Waals surface area contributed by atoms with Crippen LogP contribution in [-0.4, -0.2) is 62.2 Å². The smallest absolute Gasteiger partial charge is 0.0110 e. The van der Waals surface area contributed by atoms with Crippen LogP contribution in [-0.2, 0) is 0 Å². The number of nitrogens with zero attached hydrogens (tertiary/aromatic N) is 2. The van der Waals surface area contributed by atoms with Crippen molar-refractivity contribution in [2.75, 3.05) is 52.4 Å². The average Bonchev–Trinajstić information content (AvgIpc) is 2.32. The van der Waals surface area contributed by atoms with Crippen LogP contribution in [0, 0.1) is 5.41 Å². The van der Waals surface area contributed by atoms with Gasteiger partial charge >= 0.3 is 0 Å². The summed E-state index contributed by atoms with van der Waals surface area (Å²) in [6.07, 6.45) is 2.51. The lowest BCUT2D eigenvalue weighted by Gasteiger charge is -2.39. The summed E-state index contributed by atoms with van der Waals surface area (Å²) in [5.74, 6) is 0. The van der Waals surface area contributed by atoms with Crippen molar-refractivity contribution in [2.24, 2.45) is 5.41 Å². The van der Waals surface area contributed by atoms with Gasteiger partial charge in [0.15, 0.2) is 0 Å². The molecule has 1 aliphatic rings. The molecular formula is C15H33N3. The average molecular weight is 255 g/mol. The standard InChI is InChI=1S/C15H33N3/c1-5-7-16-13-15(3,4)14-18-11-9-17(8-6-2)10-12-18/h16H,5-14H2,1-4H3. The molecule has 108 valence electrons. The van der Waals surface area contributed by atoms with Crippen molar-refractivity contribution in [1.82, 2.24) is 15.1 Å². The summed E-state index contributed by atoms with van der Waals surface area (Å²) in [6, 6.07) is 0. The van der Waals surface area contributed by atoms with Crippen LogP contribution < -0.4 is 5.32 Å². The van der Waals surface area contributed by atoms with Gasteiger partial charge in [-0.25, -0.2) is 0 Å². The fraction of sp³-hybridized carbons (Fsp3) is 1.00. The van der Waals surface area contributed by atoms with E-state index in [0.29, 0.717) is 5.41 Å². The van der Waals surface area contributed by atoms with Gasteiger partial charge in [0.2, 0.25) is 0 Å². The summed E-state index contributed by atoms with van der Waals surface area (Å²) < 4.78 is 0. The summed E-state index contributed by atoms with van der Waals surface area (Å²) >= 11 is 0. The Morgan fingerprint density at radius 1 is 0.944 bits per heavy atom. The maximum Gasteiger partial charge on any atom is 0.0110 e. The quantitative estimate of drug-likeness (QED) is 0.670. The first kappa shape index (κ1) is 15.9. The molecule has 0 aromatic rings. The molecule has 0 atom stereocenters. The van der Waals surface area contributed by atoms with Gasteiger partial charge in [-0.1, -0.05) is 27.7 Å². The van der Waals surface area contributed by atoms with Crippen LogP contribution in [0.5, 0.6) is 0 Å². The normalized spacial score (nSPS) is 19.3. The van der Waals surface area contributed by atoms with Gasteiger partial charge in [-0.15, -0.1) is 0 Å². The maximum atomic E-state index is 3.56. The minimum Gasteiger partial charge on any atom is -0.316 e. The van der Waals surface area contributed by atoms with Gasteiger partial charge < -0.3 is 15.1 Å². The monoisotopic (exact) mass is 255 g/mol. The predicted molar refractivity (Wildman–Crippen MR) is 80.1 cm³/mol. The van der Waals surface area contributed by atoms with E-state index in [2.05, 4.69) is 42.8 Å². The van der Waals surface area contributed by atoms with Crippen molar-refractivity contribution < 1.29 is 0 Å². The topological polar surface area (TPSA) is 18.5 Å². The van der Waals surface area contributed by atoms with Gasteiger partial charge in [0, 0.05) is 39.3 Å². The first-order valence-electron chi connectivity index (χ1n) is 7.73. The molecule has 3 heteroatoms. The van der Waals surface area contributed by atoms with Gasteiger partial charge in [0.25, 0.3) is 0 Å². The molecule has 0 amide bonds. The summed E-state index contributed by atoms with van der Waals surface area (Å²) in [4.78, 5) is 5.23. The second-order valence-corrected chi connectivity index (χ2v) is 6.46. The predicted octanol–water partition coefficient (Wildman–Crippen LogP) is 2.04. The molecule has 3 nitrogen and oxygen atoms in total. The second-order valence-electron chi connectivity index (χ2n) is 6.46. The minimum atomic E-state index is 0.391. The number of rotatable bonds is 8. The lowest BCUT2D eigenvalue weighted by Crippen LogP contribution is -2.50. The van der Waals surface area contributed by atoms with E-state index >= 15 is 0 Å². The molecule has 1 N–H and O–H groups in total. The highest BCUT2D eigenvalue weighted by atomic mass is 15.3. The second kappa shape index (κ2) is 8.13. The first-order valence-corrected chi connectivity index (χ1v) is 7.73. The summed E-state index contributed by atoms with van der Waals surface area (Å²) in [6.45, 7) is 19.1. The molecule has 0 radical (unpaired) electrons. The van der Waals surface area contributed by atoms with E-state index in [9.17, 15) is 0 Å². The summed E-state index contributed by atoms with van der Waals surface area (Å²) in [7, 11) is 0. The van der Waals surface area contributed by atoms with Crippen LogP contribution in [0.2, 0.25) is 0 Å². The van der Waals surface area contributed by atoms with E-state index in [1.54, 1.807) is 0 Å². The third-order valence-corrected chi connectivity index (χ3v) is 3.69. The van der Waals surface area contributed by atoms with Crippen LogP contribution >= 0.6 is 0 Å². The van der Waals surface area contributed by atoms with Crippen LogP contribution in [0.25, 0.3) is 0 Å². The SMILES string of the molecule is CCCNCC(C)(C)CN1CCN(CCC)CC1. The van der Waals surface area contributed by atoms with Crippen LogP contribution in [0.4, 0.5) is 0 Å². The number of hydrogen-bond acceptors (Lipinski definition) is 3. The van der Waals surface area contributed by atoms with Crippen molar-refractivity contribution >= 4 is 0 Å². The molecule has 0 bridgehead atoms. The Balaban J connectivity index is 2.22. The highest BCUT2D eigenvalue weighted by Crippen LogP contribution is 2.17. The van der Waals surface area contributed by atoms with E-state index in [-0.39, 0.29) is 0 Å². The Morgan fingerprint density at radius 3 is 2.11 bits per heavy atom. The molecule has 1 heterocycles. The van der Waals surface area contributed by atoms with Crippen LogP contribution in [0.15, 0.2) is 0 Å². The molecule has 0 saturated carbocycles. The van der Waals surface area contributed by atoms with Gasteiger partial charge in [0.05, 0.1) is 0 Å². The molecule has 1 aliphatic heterocycles. The van der Waals surface area contributed by atoms with E-state index in [0.717, 1.165) is 13.1 Å². The van der Waals surface area contributed by atoms with E-state index < -0.39 is 0 Å². The molecule has 0 aliphatic carbocycles. The molecule has 1 rings (SSSR count). The van der Waals surface area contributed by atoms with E-state index in [1.165, 1.54) is 52.1 Å². The Kier molecular flexibility index (Phi) is 7.20. The highest BCUT2D eigenvalue weighted by Gasteiger charge is 2.24. The van der Waals surface area contributed by atoms with Crippen molar-refractivity contribution in [2.45, 2.75) is 40.5 Å². The largest absolute Gasteiger partial charge is 0.316 e. The molecule has 18 heavy (non-hydrogen) atoms. The van der Waals surface area contributed by atoms with Crippen molar-refractivity contribution in [1.29, 1.82) is 0 Å². The maximum absolute atomic E-state index is 3.56. The third-order valence-electron chi connectivity index (χ3n) is 3.69. The van der Waals surface area contributed by atoms with E-state index in [4.69, 9.17) is 0 Å². The zero-order valence-corrected chi connectivity index (χ0v) is 13.0. The van der Waals surface area contributed by atoms with Gasteiger partial charge in [-0.3, -0.25) is 0 Å². The minimum absolute atomic E-state index is 0.391. The number of piperazine rings is 1. The number of nitrogens with one attached hydrogen (secondary N) is 1. The molecule has 0 spiro atoms. The molecule has 1 fully saturated rings. The summed E-state index contributed by atoms with van der Waals surface area (Å²) in [5, 5.41) is 3.56. The van der Waals surface area contributed by atoms with Crippen LogP contribution in [0.1, 0.15) is 40.5 Å².